The second kappa shape index (κ2) is 8.46. The summed E-state index contributed by atoms with van der Waals surface area (Å²) >= 11 is 0. The maximum atomic E-state index is 8.61. The summed E-state index contributed by atoms with van der Waals surface area (Å²) in [7, 11) is 0. The van der Waals surface area contributed by atoms with Crippen LogP contribution in [0.25, 0.3) is 5.69 Å². The number of ether oxygens (including phenoxy) is 1. The standard InChI is InChI=1S/C14H21N5O2/c1-12(15-6-3-8-21-9-7-20)13-4-2-5-14(10-13)19-11-16-17-18-19/h2,4-5,10-12,15,20H,3,6-9H2,1H3. The summed E-state index contributed by atoms with van der Waals surface area (Å²) < 4.78 is 6.86. The van der Waals surface area contributed by atoms with Crippen LogP contribution < -0.4 is 5.32 Å². The van der Waals surface area contributed by atoms with Crippen molar-refractivity contribution in [1.82, 2.24) is 25.5 Å². The number of benzene rings is 1. The van der Waals surface area contributed by atoms with E-state index in [0.717, 1.165) is 18.7 Å². The Morgan fingerprint density at radius 1 is 1.38 bits per heavy atom. The summed E-state index contributed by atoms with van der Waals surface area (Å²) in [5.41, 5.74) is 2.12. The van der Waals surface area contributed by atoms with Gasteiger partial charge in [0.25, 0.3) is 0 Å². The monoisotopic (exact) mass is 291 g/mol. The Balaban J connectivity index is 1.82. The van der Waals surface area contributed by atoms with Gasteiger partial charge in [0.1, 0.15) is 6.33 Å². The summed E-state index contributed by atoms with van der Waals surface area (Å²) in [6.07, 6.45) is 2.49. The fraction of sp³-hybridized carbons (Fsp3) is 0.500. The zero-order chi connectivity index (χ0) is 14.9. The van der Waals surface area contributed by atoms with Crippen molar-refractivity contribution in [2.45, 2.75) is 19.4 Å². The molecule has 0 amide bonds. The molecule has 0 saturated heterocycles. The van der Waals surface area contributed by atoms with Gasteiger partial charge in [-0.3, -0.25) is 0 Å². The number of aliphatic hydroxyl groups is 1. The number of tetrazole rings is 1. The van der Waals surface area contributed by atoms with Crippen LogP contribution in [0.3, 0.4) is 0 Å². The highest BCUT2D eigenvalue weighted by molar-refractivity contribution is 5.35. The van der Waals surface area contributed by atoms with E-state index in [-0.39, 0.29) is 12.6 Å². The molecule has 0 aliphatic rings. The lowest BCUT2D eigenvalue weighted by Crippen LogP contribution is -2.21. The highest BCUT2D eigenvalue weighted by Crippen LogP contribution is 2.15. The third-order valence-corrected chi connectivity index (χ3v) is 3.14. The zero-order valence-electron chi connectivity index (χ0n) is 12.1. The smallest absolute Gasteiger partial charge is 0.143 e. The molecule has 1 heterocycles. The van der Waals surface area contributed by atoms with Crippen molar-refractivity contribution in [3.8, 4) is 5.69 Å². The van der Waals surface area contributed by atoms with Gasteiger partial charge in [-0.05, 0) is 48.0 Å². The molecule has 0 bridgehead atoms. The van der Waals surface area contributed by atoms with Crippen LogP contribution in [0.1, 0.15) is 24.9 Å². The molecule has 1 unspecified atom stereocenters. The summed E-state index contributed by atoms with van der Waals surface area (Å²) in [4.78, 5) is 0. The Kier molecular flexibility index (Phi) is 6.26. The van der Waals surface area contributed by atoms with Crippen LogP contribution in [0.2, 0.25) is 0 Å². The minimum Gasteiger partial charge on any atom is -0.394 e. The number of hydrogen-bond acceptors (Lipinski definition) is 6. The highest BCUT2D eigenvalue weighted by atomic mass is 16.5. The molecule has 0 aliphatic carbocycles. The van der Waals surface area contributed by atoms with E-state index >= 15 is 0 Å². The van der Waals surface area contributed by atoms with Gasteiger partial charge in [0.15, 0.2) is 0 Å². The normalized spacial score (nSPS) is 12.5. The maximum Gasteiger partial charge on any atom is 0.143 e. The van der Waals surface area contributed by atoms with E-state index in [2.05, 4.69) is 39.9 Å². The molecule has 0 aliphatic heterocycles. The van der Waals surface area contributed by atoms with Gasteiger partial charge in [-0.1, -0.05) is 12.1 Å². The van der Waals surface area contributed by atoms with E-state index in [1.807, 2.05) is 12.1 Å². The van der Waals surface area contributed by atoms with Gasteiger partial charge in [-0.2, -0.15) is 0 Å². The number of rotatable bonds is 9. The van der Waals surface area contributed by atoms with Crippen molar-refractivity contribution in [2.75, 3.05) is 26.4 Å². The Bertz CT molecular complexity index is 518. The second-order valence-corrected chi connectivity index (χ2v) is 4.71. The Morgan fingerprint density at radius 2 is 2.29 bits per heavy atom. The van der Waals surface area contributed by atoms with E-state index < -0.39 is 0 Å². The SMILES string of the molecule is CC(NCCCOCCO)c1cccc(-n2cnnn2)c1. The first-order valence-corrected chi connectivity index (χ1v) is 7.06. The number of nitrogens with zero attached hydrogens (tertiary/aromatic N) is 4. The molecule has 7 heteroatoms. The van der Waals surface area contributed by atoms with Gasteiger partial charge in [0, 0.05) is 12.6 Å². The van der Waals surface area contributed by atoms with Crippen LogP contribution in [0.4, 0.5) is 0 Å². The van der Waals surface area contributed by atoms with Crippen molar-refractivity contribution >= 4 is 0 Å². The van der Waals surface area contributed by atoms with Gasteiger partial charge in [0.05, 0.1) is 18.9 Å². The third-order valence-electron chi connectivity index (χ3n) is 3.14. The van der Waals surface area contributed by atoms with Gasteiger partial charge in [-0.15, -0.1) is 5.10 Å². The third kappa shape index (κ3) is 4.89. The molecule has 2 rings (SSSR count). The lowest BCUT2D eigenvalue weighted by atomic mass is 10.1. The molecule has 0 saturated carbocycles. The van der Waals surface area contributed by atoms with Crippen molar-refractivity contribution in [3.63, 3.8) is 0 Å². The predicted octanol–water partition coefficient (Wildman–Crippen LogP) is 0.712. The molecule has 1 aromatic carbocycles. The first-order chi connectivity index (χ1) is 10.3. The van der Waals surface area contributed by atoms with E-state index in [0.29, 0.717) is 13.2 Å². The summed E-state index contributed by atoms with van der Waals surface area (Å²) in [5.74, 6) is 0. The van der Waals surface area contributed by atoms with Crippen LogP contribution in [-0.2, 0) is 4.74 Å². The van der Waals surface area contributed by atoms with Gasteiger partial charge < -0.3 is 15.2 Å². The fourth-order valence-electron chi connectivity index (χ4n) is 1.99. The maximum absolute atomic E-state index is 8.61. The molecule has 114 valence electrons. The molecule has 7 nitrogen and oxygen atoms in total. The van der Waals surface area contributed by atoms with Crippen LogP contribution in [0.5, 0.6) is 0 Å². The molecule has 0 fully saturated rings. The van der Waals surface area contributed by atoms with Gasteiger partial charge in [-0.25, -0.2) is 4.68 Å². The van der Waals surface area contributed by atoms with Crippen molar-refractivity contribution in [3.05, 3.63) is 36.2 Å². The van der Waals surface area contributed by atoms with E-state index in [1.54, 1.807) is 11.0 Å². The largest absolute Gasteiger partial charge is 0.394 e. The average molecular weight is 291 g/mol. The predicted molar refractivity (Wildman–Crippen MR) is 78.1 cm³/mol. The number of nitrogens with one attached hydrogen (secondary N) is 1. The minimum atomic E-state index is 0.0771. The molecule has 2 N–H and O–H groups in total. The summed E-state index contributed by atoms with van der Waals surface area (Å²) in [6, 6.07) is 8.34. The molecule has 1 aromatic heterocycles. The van der Waals surface area contributed by atoms with Gasteiger partial charge in [0.2, 0.25) is 0 Å². The Labute approximate surface area is 123 Å². The van der Waals surface area contributed by atoms with Crippen molar-refractivity contribution in [2.24, 2.45) is 0 Å². The molecule has 0 radical (unpaired) electrons. The van der Waals surface area contributed by atoms with E-state index in [1.165, 1.54) is 5.56 Å². The van der Waals surface area contributed by atoms with Crippen LogP contribution >= 0.6 is 0 Å². The number of aliphatic hydroxyl groups excluding tert-OH is 1. The lowest BCUT2D eigenvalue weighted by Gasteiger charge is -2.15. The zero-order valence-corrected chi connectivity index (χ0v) is 12.1. The highest BCUT2D eigenvalue weighted by Gasteiger charge is 2.06. The number of aromatic nitrogens is 4. The average Bonchev–Trinajstić information content (AvgIpc) is 3.05. The Hall–Kier alpha value is -1.83. The van der Waals surface area contributed by atoms with E-state index in [9.17, 15) is 0 Å². The minimum absolute atomic E-state index is 0.0771. The topological polar surface area (TPSA) is 85.1 Å². The van der Waals surface area contributed by atoms with Crippen LogP contribution in [0.15, 0.2) is 30.6 Å². The van der Waals surface area contributed by atoms with Crippen molar-refractivity contribution in [1.29, 1.82) is 0 Å². The molecule has 0 spiro atoms. The van der Waals surface area contributed by atoms with Crippen LogP contribution in [-0.4, -0.2) is 51.7 Å². The summed E-state index contributed by atoms with van der Waals surface area (Å²) in [5, 5.41) is 23.2. The van der Waals surface area contributed by atoms with Gasteiger partial charge >= 0.3 is 0 Å². The van der Waals surface area contributed by atoms with Crippen LogP contribution in [0, 0.1) is 0 Å². The first kappa shape index (κ1) is 15.6. The molecular weight excluding hydrogens is 270 g/mol. The first-order valence-electron chi connectivity index (χ1n) is 7.06. The lowest BCUT2D eigenvalue weighted by molar-refractivity contribution is 0.0904. The van der Waals surface area contributed by atoms with E-state index in [4.69, 9.17) is 9.84 Å². The Morgan fingerprint density at radius 3 is 3.05 bits per heavy atom. The molecule has 21 heavy (non-hydrogen) atoms. The molecule has 1 atom stereocenters. The fourth-order valence-corrected chi connectivity index (χ4v) is 1.99. The second-order valence-electron chi connectivity index (χ2n) is 4.71. The quantitative estimate of drug-likeness (QED) is 0.662. The van der Waals surface area contributed by atoms with Crippen molar-refractivity contribution < 1.29 is 9.84 Å². The summed E-state index contributed by atoms with van der Waals surface area (Å²) in [6.45, 7) is 4.12. The molecular formula is C14H21N5O2. The molecule has 2 aromatic rings. The number of hydrogen-bond donors (Lipinski definition) is 2.